The van der Waals surface area contributed by atoms with Gasteiger partial charge in [-0.2, -0.15) is 0 Å². The van der Waals surface area contributed by atoms with Gasteiger partial charge in [-0.3, -0.25) is 19.4 Å². The number of nitrogens with zero attached hydrogens (tertiary/aromatic N) is 2. The zero-order valence-electron chi connectivity index (χ0n) is 23.2. The van der Waals surface area contributed by atoms with E-state index in [1.165, 1.54) is 5.56 Å². The minimum absolute atomic E-state index is 0.0272. The lowest BCUT2D eigenvalue weighted by Crippen LogP contribution is -2.22. The first-order valence-corrected chi connectivity index (χ1v) is 15.4. The van der Waals surface area contributed by atoms with E-state index in [-0.39, 0.29) is 11.7 Å². The Morgan fingerprint density at radius 1 is 0.878 bits per heavy atom. The number of hydrogen-bond acceptors (Lipinski definition) is 5. The zero-order valence-corrected chi connectivity index (χ0v) is 24.1. The maximum Gasteiger partial charge on any atom is 0.238 e. The summed E-state index contributed by atoms with van der Waals surface area (Å²) >= 11 is 0. The predicted octanol–water partition coefficient (Wildman–Crippen LogP) is 6.33. The molecule has 0 radical (unpaired) electrons. The summed E-state index contributed by atoms with van der Waals surface area (Å²) in [6.07, 6.45) is 0.510. The number of hydrogen-bond donors (Lipinski definition) is 2. The van der Waals surface area contributed by atoms with Crippen molar-refractivity contribution in [3.05, 3.63) is 125 Å². The Morgan fingerprint density at radius 3 is 2.17 bits per heavy atom. The second-order valence-electron chi connectivity index (χ2n) is 10.3. The highest BCUT2D eigenvalue weighted by atomic mass is 32.2. The highest BCUT2D eigenvalue weighted by Crippen LogP contribution is 2.38. The van der Waals surface area contributed by atoms with E-state index in [0.717, 1.165) is 29.9 Å². The number of carbonyl (C=O) groups is 1. The third-order valence-corrected chi connectivity index (χ3v) is 8.40. The summed E-state index contributed by atoms with van der Waals surface area (Å²) in [5.41, 5.74) is 6.35. The van der Waals surface area contributed by atoms with Crippen LogP contribution in [0.1, 0.15) is 41.5 Å². The molecule has 8 heteroatoms. The van der Waals surface area contributed by atoms with Crippen molar-refractivity contribution in [2.45, 2.75) is 32.4 Å². The third kappa shape index (κ3) is 7.09. The van der Waals surface area contributed by atoms with Gasteiger partial charge in [0.2, 0.25) is 15.9 Å². The van der Waals surface area contributed by atoms with E-state index in [9.17, 15) is 13.2 Å². The lowest BCUT2D eigenvalue weighted by Gasteiger charge is -2.17. The van der Waals surface area contributed by atoms with Crippen LogP contribution in [0.15, 0.2) is 108 Å². The number of aliphatic imine (C=N–C) groups is 1. The first kappa shape index (κ1) is 28.3. The van der Waals surface area contributed by atoms with Gasteiger partial charge in [0, 0.05) is 24.5 Å². The van der Waals surface area contributed by atoms with Crippen molar-refractivity contribution in [2.75, 3.05) is 22.8 Å². The van der Waals surface area contributed by atoms with Gasteiger partial charge in [-0.15, -0.1) is 0 Å². The van der Waals surface area contributed by atoms with Crippen LogP contribution >= 0.6 is 0 Å². The number of nitrogens with one attached hydrogen (secondary N) is 2. The van der Waals surface area contributed by atoms with Crippen LogP contribution in [0, 0.1) is 0 Å². The smallest absolute Gasteiger partial charge is 0.238 e. The van der Waals surface area contributed by atoms with Crippen molar-refractivity contribution in [3.8, 4) is 0 Å². The number of carbonyl (C=O) groups excluding carboxylic acids is 1. The molecule has 1 atom stereocenters. The van der Waals surface area contributed by atoms with E-state index < -0.39 is 15.9 Å². The van der Waals surface area contributed by atoms with Crippen LogP contribution in [-0.4, -0.2) is 37.7 Å². The van der Waals surface area contributed by atoms with Crippen LogP contribution in [0.3, 0.4) is 0 Å². The Bertz CT molecular complexity index is 1640. The van der Waals surface area contributed by atoms with E-state index in [1.54, 1.807) is 18.2 Å². The molecule has 1 aliphatic heterocycles. The van der Waals surface area contributed by atoms with Gasteiger partial charge in [0.1, 0.15) is 5.92 Å². The largest absolute Gasteiger partial charge is 0.325 e. The molecular formula is C33H34N4O3S. The number of amides is 1. The normalized spacial score (nSPS) is 15.0. The fourth-order valence-electron chi connectivity index (χ4n) is 5.08. The molecule has 7 nitrogen and oxygen atoms in total. The second kappa shape index (κ2) is 12.5. The average Bonchev–Trinajstić information content (AvgIpc) is 3.28. The van der Waals surface area contributed by atoms with Crippen molar-refractivity contribution >= 4 is 38.7 Å². The number of sulfonamides is 1. The third-order valence-electron chi connectivity index (χ3n) is 6.91. The molecule has 5 rings (SSSR count). The van der Waals surface area contributed by atoms with Gasteiger partial charge in [0.15, 0.2) is 0 Å². The molecule has 1 amide bonds. The highest BCUT2D eigenvalue weighted by molar-refractivity contribution is 7.92. The van der Waals surface area contributed by atoms with E-state index >= 15 is 0 Å². The van der Waals surface area contributed by atoms with Gasteiger partial charge in [-0.05, 0) is 66.1 Å². The second-order valence-corrected chi connectivity index (χ2v) is 12.2. The molecule has 0 spiro atoms. The lowest BCUT2D eigenvalue weighted by atomic mass is 9.90. The first-order chi connectivity index (χ1) is 19.8. The first-order valence-electron chi connectivity index (χ1n) is 13.7. The van der Waals surface area contributed by atoms with Gasteiger partial charge in [-0.25, -0.2) is 8.42 Å². The van der Waals surface area contributed by atoms with Gasteiger partial charge in [0.05, 0.1) is 17.2 Å². The van der Waals surface area contributed by atoms with Gasteiger partial charge < -0.3 is 5.32 Å². The molecule has 210 valence electrons. The van der Waals surface area contributed by atoms with E-state index in [4.69, 9.17) is 4.99 Å². The van der Waals surface area contributed by atoms with Gasteiger partial charge >= 0.3 is 0 Å². The summed E-state index contributed by atoms with van der Waals surface area (Å²) in [6, 6.07) is 33.2. The van der Waals surface area contributed by atoms with E-state index in [0.29, 0.717) is 29.1 Å². The number of benzene rings is 4. The molecule has 0 saturated heterocycles. The molecular weight excluding hydrogens is 532 g/mol. The maximum absolute atomic E-state index is 13.3. The fraction of sp³-hybridized carbons (Fsp3) is 0.212. The van der Waals surface area contributed by atoms with Crippen LogP contribution < -0.4 is 10.0 Å². The van der Waals surface area contributed by atoms with Crippen molar-refractivity contribution in [2.24, 2.45) is 4.99 Å². The van der Waals surface area contributed by atoms with Crippen LogP contribution in [0.5, 0.6) is 0 Å². The SMILES string of the molecule is CCCS(=O)(=O)Nc1ccc2c(c1)C(C(=Nc1ccc(CN(C)Cc3ccccc3)cc1)c1ccccc1)C(=O)N2. The molecule has 0 saturated carbocycles. The van der Waals surface area contributed by atoms with Crippen molar-refractivity contribution in [3.63, 3.8) is 0 Å². The molecule has 2 N–H and O–H groups in total. The van der Waals surface area contributed by atoms with Gasteiger partial charge in [-0.1, -0.05) is 79.7 Å². The lowest BCUT2D eigenvalue weighted by molar-refractivity contribution is -0.115. The highest BCUT2D eigenvalue weighted by Gasteiger charge is 2.36. The minimum atomic E-state index is -3.47. The molecule has 4 aromatic rings. The summed E-state index contributed by atoms with van der Waals surface area (Å²) in [5, 5.41) is 2.95. The molecule has 0 fully saturated rings. The maximum atomic E-state index is 13.3. The molecule has 1 heterocycles. The zero-order chi connectivity index (χ0) is 28.8. The molecule has 0 aromatic heterocycles. The van der Waals surface area contributed by atoms with Crippen molar-refractivity contribution in [1.82, 2.24) is 4.90 Å². The van der Waals surface area contributed by atoms with Crippen LogP contribution in [0.2, 0.25) is 0 Å². The van der Waals surface area contributed by atoms with E-state index in [1.807, 2.05) is 55.5 Å². The summed E-state index contributed by atoms with van der Waals surface area (Å²) < 4.78 is 27.5. The van der Waals surface area contributed by atoms with Crippen molar-refractivity contribution < 1.29 is 13.2 Å². The molecule has 41 heavy (non-hydrogen) atoms. The Kier molecular flexibility index (Phi) is 8.61. The Morgan fingerprint density at radius 2 is 1.51 bits per heavy atom. The molecule has 1 aliphatic rings. The van der Waals surface area contributed by atoms with Crippen molar-refractivity contribution in [1.29, 1.82) is 0 Å². The van der Waals surface area contributed by atoms with Crippen LogP contribution in [0.4, 0.5) is 17.1 Å². The Labute approximate surface area is 242 Å². The van der Waals surface area contributed by atoms with Gasteiger partial charge in [0.25, 0.3) is 0 Å². The molecule has 0 bridgehead atoms. The van der Waals surface area contributed by atoms with Crippen LogP contribution in [0.25, 0.3) is 0 Å². The van der Waals surface area contributed by atoms with E-state index in [2.05, 4.69) is 58.4 Å². The Hall–Kier alpha value is -4.27. The topological polar surface area (TPSA) is 90.9 Å². The number of fused-ring (bicyclic) bond motifs is 1. The fourth-order valence-corrected chi connectivity index (χ4v) is 6.20. The number of rotatable bonds is 11. The number of anilines is 2. The summed E-state index contributed by atoms with van der Waals surface area (Å²) in [7, 11) is -1.38. The monoisotopic (exact) mass is 566 g/mol. The minimum Gasteiger partial charge on any atom is -0.325 e. The molecule has 1 unspecified atom stereocenters. The average molecular weight is 567 g/mol. The summed E-state index contributed by atoms with van der Waals surface area (Å²) in [6.45, 7) is 3.46. The quantitative estimate of drug-likeness (QED) is 0.208. The standard InChI is InChI=1S/C33H34N4O3S/c1-3-20-41(39,40)36-28-18-19-30-29(21-28)31(33(38)35-30)32(26-12-8-5-9-13-26)34-27-16-14-25(15-17-27)23-37(2)22-24-10-6-4-7-11-24/h4-19,21,31,36H,3,20,22-23H2,1-2H3,(H,35,38). The molecule has 4 aromatic carbocycles. The predicted molar refractivity (Wildman–Crippen MR) is 166 cm³/mol. The molecule has 0 aliphatic carbocycles. The summed E-state index contributed by atoms with van der Waals surface area (Å²) in [4.78, 5) is 20.6. The van der Waals surface area contributed by atoms with Crippen LogP contribution in [-0.2, 0) is 27.9 Å². The Balaban J connectivity index is 1.43. The summed E-state index contributed by atoms with van der Waals surface area (Å²) in [5.74, 6) is -0.866.